The van der Waals surface area contributed by atoms with Crippen molar-refractivity contribution in [1.29, 1.82) is 0 Å². The lowest BCUT2D eigenvalue weighted by Gasteiger charge is -2.26. The lowest BCUT2D eigenvalue weighted by atomic mass is 10.3. The van der Waals surface area contributed by atoms with E-state index in [9.17, 15) is 9.59 Å². The van der Waals surface area contributed by atoms with E-state index in [0.717, 1.165) is 11.3 Å². The summed E-state index contributed by atoms with van der Waals surface area (Å²) in [6.07, 6.45) is 0.519. The van der Waals surface area contributed by atoms with Crippen molar-refractivity contribution in [2.75, 3.05) is 13.2 Å². The van der Waals surface area contributed by atoms with Gasteiger partial charge in [-0.2, -0.15) is 0 Å². The molecule has 21 heavy (non-hydrogen) atoms. The topological polar surface area (TPSA) is 103 Å². The summed E-state index contributed by atoms with van der Waals surface area (Å²) in [5.41, 5.74) is 0.456. The lowest BCUT2D eigenvalue weighted by molar-refractivity contribution is 0.0701. The molecule has 0 atom stereocenters. The van der Waals surface area contributed by atoms with Crippen LogP contribution in [0.4, 0.5) is 4.79 Å². The van der Waals surface area contributed by atoms with Gasteiger partial charge in [-0.15, -0.1) is 11.3 Å². The maximum absolute atomic E-state index is 12.1. The molecule has 0 unspecified atom stereocenters. The van der Waals surface area contributed by atoms with Crippen LogP contribution in [0.5, 0.6) is 0 Å². The quantitative estimate of drug-likeness (QED) is 0.707. The van der Waals surface area contributed by atoms with Crippen LogP contribution >= 0.6 is 11.3 Å². The van der Waals surface area contributed by atoms with Crippen molar-refractivity contribution in [2.45, 2.75) is 39.8 Å². The second kappa shape index (κ2) is 7.94. The molecule has 118 valence electrons. The van der Waals surface area contributed by atoms with E-state index in [1.807, 2.05) is 13.8 Å². The van der Waals surface area contributed by atoms with E-state index >= 15 is 0 Å². The van der Waals surface area contributed by atoms with Crippen molar-refractivity contribution in [2.24, 2.45) is 0 Å². The Hall–Kier alpha value is -1.67. The first kappa shape index (κ1) is 17.4. The Morgan fingerprint density at radius 3 is 2.57 bits per heavy atom. The molecule has 0 spiro atoms. The summed E-state index contributed by atoms with van der Waals surface area (Å²) in [6, 6.07) is -0.229. The van der Waals surface area contributed by atoms with Gasteiger partial charge in [-0.3, -0.25) is 0 Å². The highest BCUT2D eigenvalue weighted by molar-refractivity contribution is 7.13. The van der Waals surface area contributed by atoms with Gasteiger partial charge in [0.2, 0.25) is 0 Å². The summed E-state index contributed by atoms with van der Waals surface area (Å²) in [5.74, 6) is -1.01. The molecule has 8 heteroatoms. The van der Waals surface area contributed by atoms with Gasteiger partial charge < -0.3 is 20.4 Å². The summed E-state index contributed by atoms with van der Waals surface area (Å²) in [7, 11) is 0. The van der Waals surface area contributed by atoms with Gasteiger partial charge >= 0.3 is 12.0 Å². The van der Waals surface area contributed by atoms with Crippen LogP contribution < -0.4 is 5.32 Å². The highest BCUT2D eigenvalue weighted by Crippen LogP contribution is 2.17. The van der Waals surface area contributed by atoms with E-state index in [-0.39, 0.29) is 30.1 Å². The number of aliphatic hydroxyl groups excluding tert-OH is 1. The summed E-state index contributed by atoms with van der Waals surface area (Å²) < 4.78 is 0. The number of thiazole rings is 1. The van der Waals surface area contributed by atoms with Gasteiger partial charge in [0.05, 0.1) is 12.2 Å². The minimum absolute atomic E-state index is 0.0177. The zero-order chi connectivity index (χ0) is 16.0. The predicted molar refractivity (Wildman–Crippen MR) is 79.6 cm³/mol. The van der Waals surface area contributed by atoms with Crippen LogP contribution in [0, 0.1) is 6.92 Å². The van der Waals surface area contributed by atoms with Crippen LogP contribution in [0.1, 0.15) is 40.6 Å². The third-order valence-electron chi connectivity index (χ3n) is 2.87. The van der Waals surface area contributed by atoms with Gasteiger partial charge in [0, 0.05) is 19.2 Å². The van der Waals surface area contributed by atoms with Crippen LogP contribution in [-0.2, 0) is 6.54 Å². The predicted octanol–water partition coefficient (Wildman–Crippen LogP) is 1.45. The first-order chi connectivity index (χ1) is 9.86. The number of carbonyl (C=O) groups excluding carboxylic acids is 1. The molecule has 1 rings (SSSR count). The molecule has 0 saturated heterocycles. The van der Waals surface area contributed by atoms with E-state index < -0.39 is 5.97 Å². The Labute approximate surface area is 127 Å². The number of urea groups is 1. The van der Waals surface area contributed by atoms with Crippen molar-refractivity contribution in [3.63, 3.8) is 0 Å². The number of carboxylic acid groups (broad SMARTS) is 1. The van der Waals surface area contributed by atoms with Gasteiger partial charge in [0.1, 0.15) is 9.88 Å². The first-order valence-corrected chi connectivity index (χ1v) is 7.53. The molecule has 7 nitrogen and oxygen atoms in total. The average Bonchev–Trinajstić information content (AvgIpc) is 2.78. The molecule has 1 aromatic heterocycles. The molecule has 0 saturated carbocycles. The van der Waals surface area contributed by atoms with Gasteiger partial charge in [-0.05, 0) is 27.2 Å². The average molecular weight is 315 g/mol. The monoisotopic (exact) mass is 315 g/mol. The number of carbonyl (C=O) groups is 2. The van der Waals surface area contributed by atoms with Crippen molar-refractivity contribution in [3.8, 4) is 0 Å². The summed E-state index contributed by atoms with van der Waals surface area (Å²) in [4.78, 5) is 29.0. The lowest BCUT2D eigenvalue weighted by Crippen LogP contribution is -2.44. The Kier molecular flexibility index (Phi) is 6.57. The highest BCUT2D eigenvalue weighted by Gasteiger charge is 2.18. The van der Waals surface area contributed by atoms with Crippen LogP contribution in [0.2, 0.25) is 0 Å². The molecule has 0 fully saturated rings. The van der Waals surface area contributed by atoms with Gasteiger partial charge in [0.15, 0.2) is 0 Å². The van der Waals surface area contributed by atoms with E-state index in [1.165, 1.54) is 0 Å². The second-order valence-corrected chi connectivity index (χ2v) is 5.93. The number of nitrogens with zero attached hydrogens (tertiary/aromatic N) is 2. The Morgan fingerprint density at radius 2 is 2.10 bits per heavy atom. The van der Waals surface area contributed by atoms with E-state index in [4.69, 9.17) is 10.2 Å². The van der Waals surface area contributed by atoms with E-state index in [1.54, 1.807) is 11.8 Å². The number of hydrogen-bond donors (Lipinski definition) is 3. The molecule has 0 aliphatic rings. The van der Waals surface area contributed by atoms with Gasteiger partial charge in [-0.25, -0.2) is 14.6 Å². The zero-order valence-corrected chi connectivity index (χ0v) is 13.2. The van der Waals surface area contributed by atoms with Crippen LogP contribution in [-0.4, -0.2) is 51.3 Å². The maximum atomic E-state index is 12.1. The van der Waals surface area contributed by atoms with Crippen LogP contribution in [0.15, 0.2) is 0 Å². The van der Waals surface area contributed by atoms with E-state index in [2.05, 4.69) is 10.3 Å². The van der Waals surface area contributed by atoms with Crippen molar-refractivity contribution < 1.29 is 19.8 Å². The molecule has 1 aromatic rings. The fraction of sp³-hybridized carbons (Fsp3) is 0.615. The molecule has 0 aliphatic carbocycles. The zero-order valence-electron chi connectivity index (χ0n) is 12.4. The number of aryl methyl sites for hydroxylation is 1. The highest BCUT2D eigenvalue weighted by atomic mass is 32.1. The number of aliphatic hydroxyl groups is 1. The van der Waals surface area contributed by atoms with E-state index in [0.29, 0.717) is 23.7 Å². The van der Waals surface area contributed by atoms with Crippen molar-refractivity contribution in [3.05, 3.63) is 15.6 Å². The van der Waals surface area contributed by atoms with Crippen molar-refractivity contribution in [1.82, 2.24) is 15.2 Å². The standard InChI is InChI=1S/C13H21N3O4S/c1-8(2)16(5-4-6-17)13(20)14-7-10-15-9(3)11(21-10)12(18)19/h8,17H,4-7H2,1-3H3,(H,14,20)(H,18,19). The third-order valence-corrected chi connectivity index (χ3v) is 4.01. The number of rotatable bonds is 7. The molecule has 0 radical (unpaired) electrons. The normalized spacial score (nSPS) is 10.7. The first-order valence-electron chi connectivity index (χ1n) is 6.71. The fourth-order valence-corrected chi connectivity index (χ4v) is 2.66. The van der Waals surface area contributed by atoms with Crippen molar-refractivity contribution >= 4 is 23.3 Å². The van der Waals surface area contributed by atoms with Crippen LogP contribution in [0.25, 0.3) is 0 Å². The minimum atomic E-state index is -1.01. The number of amides is 2. The molecular weight excluding hydrogens is 294 g/mol. The molecule has 3 N–H and O–H groups in total. The number of aromatic nitrogens is 1. The summed E-state index contributed by atoms with van der Waals surface area (Å²) >= 11 is 1.06. The number of nitrogens with one attached hydrogen (secondary N) is 1. The largest absolute Gasteiger partial charge is 0.477 e. The molecule has 1 heterocycles. The minimum Gasteiger partial charge on any atom is -0.477 e. The van der Waals surface area contributed by atoms with Gasteiger partial charge in [0.25, 0.3) is 0 Å². The Balaban J connectivity index is 2.62. The molecule has 2 amide bonds. The summed E-state index contributed by atoms with van der Waals surface area (Å²) in [6.45, 7) is 6.12. The maximum Gasteiger partial charge on any atom is 0.347 e. The Morgan fingerprint density at radius 1 is 1.43 bits per heavy atom. The third kappa shape index (κ3) is 4.98. The second-order valence-electron chi connectivity index (χ2n) is 4.85. The number of carboxylic acids is 1. The summed E-state index contributed by atoms with van der Waals surface area (Å²) in [5, 5.41) is 21.1. The smallest absolute Gasteiger partial charge is 0.347 e. The molecule has 0 aliphatic heterocycles. The number of hydrogen-bond acceptors (Lipinski definition) is 5. The molecular formula is C13H21N3O4S. The van der Waals surface area contributed by atoms with Gasteiger partial charge in [-0.1, -0.05) is 0 Å². The Bertz CT molecular complexity index is 502. The number of aromatic carboxylic acids is 1. The fourth-order valence-electron chi connectivity index (χ4n) is 1.81. The molecule has 0 aromatic carbocycles. The van der Waals surface area contributed by atoms with Crippen LogP contribution in [0.3, 0.4) is 0 Å². The SMILES string of the molecule is Cc1nc(CNC(=O)N(CCCO)C(C)C)sc1C(=O)O. The molecule has 0 bridgehead atoms.